The van der Waals surface area contributed by atoms with Gasteiger partial charge in [0.05, 0.1) is 48.1 Å². The van der Waals surface area contributed by atoms with Crippen LogP contribution in [0.3, 0.4) is 0 Å². The Hall–Kier alpha value is -3.29. The minimum atomic E-state index is -0.0522. The molecular formula is C28H31N5O2. The number of likely N-dealkylation sites (tertiary alicyclic amines) is 1. The molecule has 4 aliphatic rings. The van der Waals surface area contributed by atoms with E-state index in [1.807, 2.05) is 48.1 Å². The van der Waals surface area contributed by atoms with Crippen LogP contribution in [0.2, 0.25) is 0 Å². The molecule has 0 N–H and O–H groups in total. The van der Waals surface area contributed by atoms with Crippen molar-refractivity contribution >= 4 is 17.0 Å². The van der Waals surface area contributed by atoms with Crippen molar-refractivity contribution in [3.05, 3.63) is 83.3 Å². The zero-order valence-electron chi connectivity index (χ0n) is 20.4. The van der Waals surface area contributed by atoms with Gasteiger partial charge in [-0.3, -0.25) is 19.6 Å². The van der Waals surface area contributed by atoms with E-state index < -0.39 is 0 Å². The SMILES string of the molecule is CCc1nc(C)cn2nc(C3=CC(=O)N4C=C(C5CCN(C6COC6)CC5)C=C/C4=C\C=C3)cc12. The number of fused-ring (bicyclic) bond motifs is 2. The molecule has 6 heterocycles. The Morgan fingerprint density at radius 1 is 1.14 bits per heavy atom. The molecule has 0 spiro atoms. The maximum Gasteiger partial charge on any atom is 0.255 e. The highest BCUT2D eigenvalue weighted by molar-refractivity contribution is 5.99. The number of amides is 1. The van der Waals surface area contributed by atoms with E-state index in [1.165, 1.54) is 5.57 Å². The van der Waals surface area contributed by atoms with Crippen LogP contribution < -0.4 is 0 Å². The van der Waals surface area contributed by atoms with E-state index in [0.29, 0.717) is 12.0 Å². The third-order valence-electron chi connectivity index (χ3n) is 7.48. The molecule has 2 saturated heterocycles. The molecule has 7 heteroatoms. The predicted octanol–water partition coefficient (Wildman–Crippen LogP) is 3.83. The Morgan fingerprint density at radius 3 is 2.71 bits per heavy atom. The van der Waals surface area contributed by atoms with Crippen LogP contribution >= 0.6 is 0 Å². The monoisotopic (exact) mass is 469 g/mol. The molecule has 0 saturated carbocycles. The quantitative estimate of drug-likeness (QED) is 0.681. The van der Waals surface area contributed by atoms with Gasteiger partial charge in [0, 0.05) is 23.5 Å². The molecule has 0 aromatic carbocycles. The van der Waals surface area contributed by atoms with Gasteiger partial charge in [-0.05, 0) is 69.0 Å². The van der Waals surface area contributed by atoms with Crippen molar-refractivity contribution in [1.29, 1.82) is 0 Å². The molecule has 0 bridgehead atoms. The van der Waals surface area contributed by atoms with Gasteiger partial charge in [0.25, 0.3) is 5.91 Å². The average molecular weight is 470 g/mol. The molecule has 0 aliphatic carbocycles. The van der Waals surface area contributed by atoms with E-state index in [9.17, 15) is 4.79 Å². The molecule has 0 radical (unpaired) electrons. The number of nitrogens with zero attached hydrogens (tertiary/aromatic N) is 5. The fourth-order valence-corrected chi connectivity index (χ4v) is 5.37. The fraction of sp³-hybridized carbons (Fsp3) is 0.393. The van der Waals surface area contributed by atoms with Gasteiger partial charge in [-0.15, -0.1) is 0 Å². The third kappa shape index (κ3) is 4.19. The van der Waals surface area contributed by atoms with Crippen molar-refractivity contribution in [2.45, 2.75) is 39.2 Å². The first-order chi connectivity index (χ1) is 17.1. The Morgan fingerprint density at radius 2 is 1.97 bits per heavy atom. The number of allylic oxidation sites excluding steroid dienone is 7. The first kappa shape index (κ1) is 22.2. The van der Waals surface area contributed by atoms with Gasteiger partial charge in [-0.25, -0.2) is 4.52 Å². The predicted molar refractivity (Wildman–Crippen MR) is 135 cm³/mol. The van der Waals surface area contributed by atoms with Gasteiger partial charge in [0.15, 0.2) is 0 Å². The lowest BCUT2D eigenvalue weighted by Gasteiger charge is -2.42. The minimum absolute atomic E-state index is 0.0522. The molecule has 2 aromatic rings. The average Bonchev–Trinajstić information content (AvgIpc) is 3.25. The molecule has 0 unspecified atom stereocenters. The highest BCUT2D eigenvalue weighted by Crippen LogP contribution is 2.32. The van der Waals surface area contributed by atoms with Crippen LogP contribution in [0.25, 0.3) is 11.1 Å². The zero-order valence-corrected chi connectivity index (χ0v) is 20.4. The van der Waals surface area contributed by atoms with Crippen LogP contribution in [0.5, 0.6) is 0 Å². The Labute approximate surface area is 205 Å². The Kier molecular flexibility index (Phi) is 5.74. The summed E-state index contributed by atoms with van der Waals surface area (Å²) in [6, 6.07) is 2.62. The summed E-state index contributed by atoms with van der Waals surface area (Å²) in [6.07, 6.45) is 18.9. The van der Waals surface area contributed by atoms with Crippen LogP contribution in [0.15, 0.2) is 66.2 Å². The second-order valence-electron chi connectivity index (χ2n) is 9.76. The third-order valence-corrected chi connectivity index (χ3v) is 7.48. The maximum atomic E-state index is 13.4. The van der Waals surface area contributed by atoms with Crippen molar-refractivity contribution < 1.29 is 9.53 Å². The van der Waals surface area contributed by atoms with Gasteiger partial charge in [0.1, 0.15) is 0 Å². The van der Waals surface area contributed by atoms with E-state index in [4.69, 9.17) is 9.84 Å². The number of carbonyl (C=O) groups is 1. The van der Waals surface area contributed by atoms with Crippen LogP contribution in [-0.2, 0) is 16.0 Å². The smallest absolute Gasteiger partial charge is 0.255 e. The van der Waals surface area contributed by atoms with E-state index >= 15 is 0 Å². The van der Waals surface area contributed by atoms with Gasteiger partial charge in [-0.2, -0.15) is 5.10 Å². The Bertz CT molecular complexity index is 1320. The molecule has 35 heavy (non-hydrogen) atoms. The standard InChI is InChI=1S/C28H31N5O2/c1-3-25-27-14-26(30-33(27)15-19(2)29-25)21-5-4-6-23-8-7-22(16-32(23)28(34)13-21)20-9-11-31(12-10-20)24-17-35-18-24/h4-8,13-16,20,24H,3,9-12,17-18H2,1-2H3/b5-4?,21-13?,23-6+. The van der Waals surface area contributed by atoms with Crippen molar-refractivity contribution in [2.24, 2.45) is 5.92 Å². The van der Waals surface area contributed by atoms with Crippen molar-refractivity contribution in [3.8, 4) is 0 Å². The lowest BCUT2D eigenvalue weighted by atomic mass is 9.87. The van der Waals surface area contributed by atoms with Crippen molar-refractivity contribution in [2.75, 3.05) is 26.3 Å². The second-order valence-corrected chi connectivity index (χ2v) is 9.76. The number of carbonyl (C=O) groups excluding carboxylic acids is 1. The topological polar surface area (TPSA) is 63.0 Å². The molecule has 1 amide bonds. The number of ether oxygens (including phenoxy) is 1. The summed E-state index contributed by atoms with van der Waals surface area (Å²) >= 11 is 0. The first-order valence-electron chi connectivity index (χ1n) is 12.6. The minimum Gasteiger partial charge on any atom is -0.378 e. The Balaban J connectivity index is 1.25. The van der Waals surface area contributed by atoms with Crippen LogP contribution in [0.4, 0.5) is 0 Å². The number of aromatic nitrogens is 3. The normalized spacial score (nSPS) is 23.3. The molecule has 7 nitrogen and oxygen atoms in total. The van der Waals surface area contributed by atoms with Crippen LogP contribution in [-0.4, -0.2) is 62.7 Å². The number of aryl methyl sites for hydroxylation is 2. The summed E-state index contributed by atoms with van der Waals surface area (Å²) in [7, 11) is 0. The summed E-state index contributed by atoms with van der Waals surface area (Å²) in [5, 5.41) is 4.76. The maximum absolute atomic E-state index is 13.4. The molecule has 6 rings (SSSR count). The molecule has 2 fully saturated rings. The first-order valence-corrected chi connectivity index (χ1v) is 12.6. The van der Waals surface area contributed by atoms with Gasteiger partial charge >= 0.3 is 0 Å². The van der Waals surface area contributed by atoms with Crippen LogP contribution in [0, 0.1) is 12.8 Å². The lowest BCUT2D eigenvalue weighted by Crippen LogP contribution is -2.51. The number of piperidine rings is 1. The summed E-state index contributed by atoms with van der Waals surface area (Å²) in [6.45, 7) is 8.00. The number of rotatable bonds is 4. The van der Waals surface area contributed by atoms with Crippen LogP contribution in [0.1, 0.15) is 36.8 Å². The lowest BCUT2D eigenvalue weighted by molar-refractivity contribution is -0.122. The van der Waals surface area contributed by atoms with E-state index in [2.05, 4.69) is 29.0 Å². The molecule has 4 aliphatic heterocycles. The van der Waals surface area contributed by atoms with E-state index in [0.717, 1.165) is 79.4 Å². The largest absolute Gasteiger partial charge is 0.378 e. The summed E-state index contributed by atoms with van der Waals surface area (Å²) in [5.41, 5.74) is 6.62. The number of hydrogen-bond donors (Lipinski definition) is 0. The summed E-state index contributed by atoms with van der Waals surface area (Å²) in [4.78, 5) is 22.4. The zero-order chi connectivity index (χ0) is 23.9. The molecule has 180 valence electrons. The number of hydrogen-bond acceptors (Lipinski definition) is 5. The fourth-order valence-electron chi connectivity index (χ4n) is 5.37. The molecule has 0 atom stereocenters. The molecule has 2 aromatic heterocycles. The molecular weight excluding hydrogens is 438 g/mol. The second kappa shape index (κ2) is 9.06. The van der Waals surface area contributed by atoms with Gasteiger partial charge in [-0.1, -0.05) is 25.2 Å². The van der Waals surface area contributed by atoms with Crippen molar-refractivity contribution in [1.82, 2.24) is 24.4 Å². The summed E-state index contributed by atoms with van der Waals surface area (Å²) in [5.74, 6) is 0.424. The van der Waals surface area contributed by atoms with Gasteiger partial charge < -0.3 is 4.74 Å². The van der Waals surface area contributed by atoms with E-state index in [-0.39, 0.29) is 5.91 Å². The highest BCUT2D eigenvalue weighted by Gasteiger charge is 2.31. The highest BCUT2D eigenvalue weighted by atomic mass is 16.5. The van der Waals surface area contributed by atoms with Crippen molar-refractivity contribution in [3.63, 3.8) is 0 Å². The summed E-state index contributed by atoms with van der Waals surface area (Å²) < 4.78 is 7.24. The van der Waals surface area contributed by atoms with E-state index in [1.54, 1.807) is 11.0 Å². The van der Waals surface area contributed by atoms with Gasteiger partial charge in [0.2, 0.25) is 0 Å².